The average molecular weight is 292 g/mol. The number of hydrogen-bond acceptors (Lipinski definition) is 6. The molecule has 4 atom stereocenters. The van der Waals surface area contributed by atoms with Gasteiger partial charge in [-0.25, -0.2) is 13.1 Å². The van der Waals surface area contributed by atoms with Crippen molar-refractivity contribution in [3.63, 3.8) is 0 Å². The maximum atomic E-state index is 11.8. The number of carbonyl (C=O) groups excluding carboxylic acids is 1. The normalized spacial score (nSPS) is 34.2. The van der Waals surface area contributed by atoms with Crippen molar-refractivity contribution in [1.82, 2.24) is 4.72 Å². The van der Waals surface area contributed by atoms with E-state index in [2.05, 4.69) is 9.46 Å². The molecule has 8 heteroatoms. The second-order valence-electron chi connectivity index (χ2n) is 4.93. The van der Waals surface area contributed by atoms with Gasteiger partial charge in [0.05, 0.1) is 18.8 Å². The second kappa shape index (κ2) is 5.74. The van der Waals surface area contributed by atoms with Gasteiger partial charge in [0.15, 0.2) is 5.75 Å². The molecule has 0 aromatic carbocycles. The number of sulfonamides is 1. The smallest absolute Gasteiger partial charge is 0.322 e. The molecule has 1 aliphatic carbocycles. The van der Waals surface area contributed by atoms with Crippen molar-refractivity contribution >= 4 is 16.0 Å². The molecule has 2 rings (SSSR count). The number of hydrogen-bond donors (Lipinski definition) is 2. The second-order valence-corrected chi connectivity index (χ2v) is 6.68. The molecule has 2 fully saturated rings. The first kappa shape index (κ1) is 14.7. The Bertz CT molecular complexity index is 438. The molecular formula is C11H20N2O5S. The summed E-state index contributed by atoms with van der Waals surface area (Å²) in [6, 6.07) is -0.688. The molecule has 0 radical (unpaired) electrons. The molecule has 0 aromatic rings. The average Bonchev–Trinajstić information content (AvgIpc) is 2.35. The quantitative estimate of drug-likeness (QED) is 0.628. The Kier molecular flexibility index (Phi) is 4.44. The zero-order valence-corrected chi connectivity index (χ0v) is 11.7. The minimum absolute atomic E-state index is 0.158. The van der Waals surface area contributed by atoms with E-state index in [0.717, 1.165) is 12.8 Å². The van der Waals surface area contributed by atoms with Crippen molar-refractivity contribution in [3.05, 3.63) is 0 Å². The zero-order valence-electron chi connectivity index (χ0n) is 10.9. The number of ether oxygens (including phenoxy) is 2. The highest BCUT2D eigenvalue weighted by molar-refractivity contribution is 7.90. The van der Waals surface area contributed by atoms with Crippen LogP contribution in [-0.4, -0.2) is 51.5 Å². The number of esters is 1. The fraction of sp³-hybridized carbons (Fsp3) is 0.909. The van der Waals surface area contributed by atoms with Gasteiger partial charge in [-0.3, -0.25) is 4.79 Å². The Morgan fingerprint density at radius 2 is 2.26 bits per heavy atom. The lowest BCUT2D eigenvalue weighted by Crippen LogP contribution is -2.72. The van der Waals surface area contributed by atoms with Gasteiger partial charge < -0.3 is 15.2 Å². The molecule has 0 amide bonds. The van der Waals surface area contributed by atoms with Crippen LogP contribution in [0, 0.1) is 5.92 Å². The van der Waals surface area contributed by atoms with Crippen LogP contribution < -0.4 is 10.5 Å². The van der Waals surface area contributed by atoms with E-state index in [1.807, 2.05) is 0 Å². The first-order valence-electron chi connectivity index (χ1n) is 6.47. The molecule has 1 saturated carbocycles. The lowest BCUT2D eigenvalue weighted by atomic mass is 9.69. The van der Waals surface area contributed by atoms with Crippen molar-refractivity contribution in [2.75, 3.05) is 19.0 Å². The highest BCUT2D eigenvalue weighted by Gasteiger charge is 2.51. The highest BCUT2D eigenvalue weighted by Crippen LogP contribution is 2.37. The third-order valence-corrected chi connectivity index (χ3v) is 4.85. The van der Waals surface area contributed by atoms with Crippen molar-refractivity contribution in [1.29, 1.82) is 0 Å². The summed E-state index contributed by atoms with van der Waals surface area (Å²) in [5, 5.41) is 0. The summed E-state index contributed by atoms with van der Waals surface area (Å²) in [4.78, 5) is 11.2. The summed E-state index contributed by atoms with van der Waals surface area (Å²) in [5.41, 5.74) is 5.95. The minimum atomic E-state index is -3.73. The molecule has 0 spiro atoms. The molecule has 3 N–H and O–H groups in total. The summed E-state index contributed by atoms with van der Waals surface area (Å²) in [6.07, 6.45) is 1.75. The molecular weight excluding hydrogens is 272 g/mol. The van der Waals surface area contributed by atoms with Crippen molar-refractivity contribution in [2.45, 2.75) is 38.0 Å². The molecule has 0 bridgehead atoms. The summed E-state index contributed by atoms with van der Waals surface area (Å²) >= 11 is 0. The molecule has 110 valence electrons. The summed E-state index contributed by atoms with van der Waals surface area (Å²) in [6.45, 7) is 2.41. The largest absolute Gasteiger partial charge is 0.465 e. The molecule has 4 unspecified atom stereocenters. The van der Waals surface area contributed by atoms with E-state index in [1.165, 1.54) is 0 Å². The maximum Gasteiger partial charge on any atom is 0.322 e. The first-order valence-corrected chi connectivity index (χ1v) is 8.12. The Morgan fingerprint density at radius 1 is 1.53 bits per heavy atom. The van der Waals surface area contributed by atoms with Crippen molar-refractivity contribution in [3.8, 4) is 0 Å². The van der Waals surface area contributed by atoms with Crippen molar-refractivity contribution in [2.24, 2.45) is 11.7 Å². The Balaban J connectivity index is 1.91. The van der Waals surface area contributed by atoms with E-state index in [-0.39, 0.29) is 24.7 Å². The van der Waals surface area contributed by atoms with Crippen LogP contribution in [0.3, 0.4) is 0 Å². The molecule has 1 aliphatic heterocycles. The topological polar surface area (TPSA) is 108 Å². The van der Waals surface area contributed by atoms with Gasteiger partial charge in [0.2, 0.25) is 10.0 Å². The fourth-order valence-electron chi connectivity index (χ4n) is 2.70. The molecule has 1 saturated heterocycles. The van der Waals surface area contributed by atoms with Crippen LogP contribution in [0.4, 0.5) is 0 Å². The fourth-order valence-corrected chi connectivity index (χ4v) is 3.88. The van der Waals surface area contributed by atoms with Crippen LogP contribution in [-0.2, 0) is 24.3 Å². The summed E-state index contributed by atoms with van der Waals surface area (Å²) in [7, 11) is -3.73. The van der Waals surface area contributed by atoms with Gasteiger partial charge in [0.1, 0.15) is 0 Å². The van der Waals surface area contributed by atoms with E-state index >= 15 is 0 Å². The number of rotatable bonds is 5. The molecule has 2 aliphatic rings. The van der Waals surface area contributed by atoms with Gasteiger partial charge >= 0.3 is 5.97 Å². The minimum Gasteiger partial charge on any atom is -0.465 e. The Hall–Kier alpha value is -0.700. The number of nitrogens with one attached hydrogen (secondary N) is 1. The summed E-state index contributed by atoms with van der Waals surface area (Å²) in [5.74, 6) is -1.23. The van der Waals surface area contributed by atoms with Crippen molar-refractivity contribution < 1.29 is 22.7 Å². The van der Waals surface area contributed by atoms with Gasteiger partial charge in [0, 0.05) is 18.6 Å². The van der Waals surface area contributed by atoms with E-state index < -0.39 is 27.8 Å². The predicted octanol–water partition coefficient (Wildman–Crippen LogP) is -1.03. The van der Waals surface area contributed by atoms with Gasteiger partial charge in [-0.05, 0) is 19.8 Å². The standard InChI is InChI=1S/C11H20N2O5S/c1-2-17-8(14)6-19(15,16)13-10-9(12)7-4-3-5-18-11(7)10/h7,9-11,13H,2-6,12H2,1H3. The van der Waals surface area contributed by atoms with E-state index in [0.29, 0.717) is 6.61 Å². The Labute approximate surface area is 112 Å². The molecule has 1 heterocycles. The molecule has 19 heavy (non-hydrogen) atoms. The maximum absolute atomic E-state index is 11.8. The first-order chi connectivity index (χ1) is 8.94. The van der Waals surface area contributed by atoms with Gasteiger partial charge in [-0.15, -0.1) is 0 Å². The lowest BCUT2D eigenvalue weighted by molar-refractivity contribution is -0.140. The zero-order chi connectivity index (χ0) is 14.0. The number of fused-ring (bicyclic) bond motifs is 1. The van der Waals surface area contributed by atoms with E-state index in [1.54, 1.807) is 6.92 Å². The monoisotopic (exact) mass is 292 g/mol. The molecule has 7 nitrogen and oxygen atoms in total. The van der Waals surface area contributed by atoms with Crippen LogP contribution >= 0.6 is 0 Å². The third-order valence-electron chi connectivity index (χ3n) is 3.61. The Morgan fingerprint density at radius 3 is 2.95 bits per heavy atom. The van der Waals surface area contributed by atoms with E-state index in [4.69, 9.17) is 10.5 Å². The van der Waals surface area contributed by atoms with Crippen LogP contribution in [0.5, 0.6) is 0 Å². The lowest BCUT2D eigenvalue weighted by Gasteiger charge is -2.52. The molecule has 0 aromatic heterocycles. The van der Waals surface area contributed by atoms with Crippen LogP contribution in [0.1, 0.15) is 19.8 Å². The van der Waals surface area contributed by atoms with Crippen LogP contribution in [0.2, 0.25) is 0 Å². The predicted molar refractivity (Wildman–Crippen MR) is 67.8 cm³/mol. The van der Waals surface area contributed by atoms with Crippen LogP contribution in [0.25, 0.3) is 0 Å². The van der Waals surface area contributed by atoms with E-state index in [9.17, 15) is 13.2 Å². The third kappa shape index (κ3) is 3.25. The number of carbonyl (C=O) groups is 1. The van der Waals surface area contributed by atoms with Gasteiger partial charge in [-0.2, -0.15) is 0 Å². The highest BCUT2D eigenvalue weighted by atomic mass is 32.2. The number of nitrogens with two attached hydrogens (primary N) is 1. The summed E-state index contributed by atoms with van der Waals surface area (Å²) < 4.78 is 36.2. The van der Waals surface area contributed by atoms with Gasteiger partial charge in [-0.1, -0.05) is 0 Å². The SMILES string of the molecule is CCOC(=O)CS(=O)(=O)NC1C(N)C2CCCOC21. The van der Waals surface area contributed by atoms with Crippen LogP contribution in [0.15, 0.2) is 0 Å². The van der Waals surface area contributed by atoms with Gasteiger partial charge in [0.25, 0.3) is 0 Å².